The van der Waals surface area contributed by atoms with Crippen molar-refractivity contribution < 1.29 is 8.42 Å². The largest absolute Gasteiger partial charge is 0.382 e. The van der Waals surface area contributed by atoms with Gasteiger partial charge in [0.15, 0.2) is 0 Å². The molecule has 0 radical (unpaired) electrons. The van der Waals surface area contributed by atoms with Crippen molar-refractivity contribution in [2.24, 2.45) is 0 Å². The summed E-state index contributed by atoms with van der Waals surface area (Å²) >= 11 is 0. The molecule has 16 heavy (non-hydrogen) atoms. The van der Waals surface area contributed by atoms with Gasteiger partial charge in [-0.05, 0) is 37.1 Å². The Bertz CT molecular complexity index is 449. The van der Waals surface area contributed by atoms with Crippen molar-refractivity contribution in [3.8, 4) is 0 Å². The van der Waals surface area contributed by atoms with Gasteiger partial charge in [-0.25, -0.2) is 13.1 Å². The second-order valence-corrected chi connectivity index (χ2v) is 5.71. The van der Waals surface area contributed by atoms with Crippen LogP contribution in [0.1, 0.15) is 19.8 Å². The molecule has 2 N–H and O–H groups in total. The molecule has 0 atom stereocenters. The van der Waals surface area contributed by atoms with E-state index in [1.54, 1.807) is 19.1 Å². The molecule has 1 aliphatic carbocycles. The van der Waals surface area contributed by atoms with Gasteiger partial charge >= 0.3 is 0 Å². The van der Waals surface area contributed by atoms with Crippen molar-refractivity contribution in [1.29, 1.82) is 0 Å². The second-order valence-electron chi connectivity index (χ2n) is 3.94. The normalized spacial score (nSPS) is 16.1. The van der Waals surface area contributed by atoms with Crippen molar-refractivity contribution in [2.75, 3.05) is 11.9 Å². The zero-order chi connectivity index (χ0) is 11.6. The van der Waals surface area contributed by atoms with Gasteiger partial charge in [0.2, 0.25) is 10.0 Å². The third-order valence-corrected chi connectivity index (χ3v) is 4.01. The van der Waals surface area contributed by atoms with E-state index in [4.69, 9.17) is 0 Å². The molecule has 0 unspecified atom stereocenters. The van der Waals surface area contributed by atoms with Crippen LogP contribution in [0.3, 0.4) is 0 Å². The van der Waals surface area contributed by atoms with Crippen LogP contribution in [0.4, 0.5) is 5.69 Å². The first-order valence-corrected chi connectivity index (χ1v) is 6.96. The first-order chi connectivity index (χ1) is 7.62. The average Bonchev–Trinajstić information content (AvgIpc) is 3.02. The van der Waals surface area contributed by atoms with Crippen LogP contribution >= 0.6 is 0 Å². The summed E-state index contributed by atoms with van der Waals surface area (Å²) < 4.78 is 25.8. The van der Waals surface area contributed by atoms with E-state index in [9.17, 15) is 8.42 Å². The number of hydrogen-bond donors (Lipinski definition) is 2. The maximum Gasteiger partial charge on any atom is 0.240 e. The highest BCUT2D eigenvalue weighted by Gasteiger charge is 2.20. The molecule has 0 aromatic heterocycles. The van der Waals surface area contributed by atoms with E-state index in [1.807, 2.05) is 12.1 Å². The Morgan fingerprint density at radius 2 is 1.88 bits per heavy atom. The maximum absolute atomic E-state index is 11.6. The third kappa shape index (κ3) is 2.74. The molecule has 0 saturated heterocycles. The van der Waals surface area contributed by atoms with Crippen LogP contribution in [0.5, 0.6) is 0 Å². The Morgan fingerprint density at radius 1 is 1.25 bits per heavy atom. The molecule has 5 heteroatoms. The zero-order valence-electron chi connectivity index (χ0n) is 9.23. The third-order valence-electron chi connectivity index (χ3n) is 2.45. The van der Waals surface area contributed by atoms with Gasteiger partial charge < -0.3 is 5.32 Å². The molecule has 0 heterocycles. The molecule has 1 aromatic carbocycles. The summed E-state index contributed by atoms with van der Waals surface area (Å²) in [5, 5.41) is 3.31. The highest BCUT2D eigenvalue weighted by Crippen LogP contribution is 2.25. The zero-order valence-corrected chi connectivity index (χ0v) is 10.0. The Morgan fingerprint density at radius 3 is 2.38 bits per heavy atom. The number of benzene rings is 1. The SMILES string of the molecule is CCNS(=O)(=O)c1ccc(NC2CC2)cc1. The van der Waals surface area contributed by atoms with Crippen molar-refractivity contribution >= 4 is 15.7 Å². The molecule has 0 aliphatic heterocycles. The number of hydrogen-bond acceptors (Lipinski definition) is 3. The number of rotatable bonds is 5. The summed E-state index contributed by atoms with van der Waals surface area (Å²) in [6.45, 7) is 2.17. The smallest absolute Gasteiger partial charge is 0.240 e. The Kier molecular flexibility index (Phi) is 3.16. The quantitative estimate of drug-likeness (QED) is 0.821. The molecule has 2 rings (SSSR count). The molecule has 88 valence electrons. The fourth-order valence-electron chi connectivity index (χ4n) is 1.47. The second kappa shape index (κ2) is 4.43. The van der Waals surface area contributed by atoms with E-state index in [1.165, 1.54) is 12.8 Å². The highest BCUT2D eigenvalue weighted by molar-refractivity contribution is 7.89. The molecule has 4 nitrogen and oxygen atoms in total. The fourth-order valence-corrected chi connectivity index (χ4v) is 2.51. The Balaban J connectivity index is 2.11. The van der Waals surface area contributed by atoms with Crippen molar-refractivity contribution in [1.82, 2.24) is 4.72 Å². The summed E-state index contributed by atoms with van der Waals surface area (Å²) in [4.78, 5) is 0.315. The molecule has 1 saturated carbocycles. The molecule has 1 aliphatic rings. The standard InChI is InChI=1S/C11H16N2O2S/c1-2-12-16(14,15)11-7-5-10(6-8-11)13-9-3-4-9/h5-9,12-13H,2-4H2,1H3. The van der Waals surface area contributed by atoms with E-state index < -0.39 is 10.0 Å². The van der Waals surface area contributed by atoms with Crippen LogP contribution in [-0.4, -0.2) is 21.0 Å². The lowest BCUT2D eigenvalue weighted by atomic mass is 10.3. The van der Waals surface area contributed by atoms with Crippen molar-refractivity contribution in [3.63, 3.8) is 0 Å². The topological polar surface area (TPSA) is 58.2 Å². The summed E-state index contributed by atoms with van der Waals surface area (Å²) in [6.07, 6.45) is 2.41. The molecule has 1 fully saturated rings. The van der Waals surface area contributed by atoms with Crippen LogP contribution in [0, 0.1) is 0 Å². The Labute approximate surface area is 96.1 Å². The van der Waals surface area contributed by atoms with E-state index >= 15 is 0 Å². The number of nitrogens with one attached hydrogen (secondary N) is 2. The molecule has 0 bridgehead atoms. The van der Waals surface area contributed by atoms with Gasteiger partial charge in [0.05, 0.1) is 4.90 Å². The minimum Gasteiger partial charge on any atom is -0.382 e. The van der Waals surface area contributed by atoms with E-state index in [-0.39, 0.29) is 0 Å². The van der Waals surface area contributed by atoms with Crippen molar-refractivity contribution in [3.05, 3.63) is 24.3 Å². The van der Waals surface area contributed by atoms with Crippen LogP contribution in [0.25, 0.3) is 0 Å². The van der Waals surface area contributed by atoms with E-state index in [2.05, 4.69) is 10.0 Å². The molecule has 0 amide bonds. The summed E-state index contributed by atoms with van der Waals surface area (Å²) in [6, 6.07) is 7.45. The molecular formula is C11H16N2O2S. The lowest BCUT2D eigenvalue weighted by molar-refractivity contribution is 0.584. The molecule has 1 aromatic rings. The lowest BCUT2D eigenvalue weighted by Gasteiger charge is -2.07. The average molecular weight is 240 g/mol. The molecular weight excluding hydrogens is 224 g/mol. The van der Waals surface area contributed by atoms with Gasteiger partial charge in [0.25, 0.3) is 0 Å². The van der Waals surface area contributed by atoms with Crippen LogP contribution in [-0.2, 0) is 10.0 Å². The predicted molar refractivity (Wildman–Crippen MR) is 63.9 cm³/mol. The van der Waals surface area contributed by atoms with Gasteiger partial charge in [0.1, 0.15) is 0 Å². The van der Waals surface area contributed by atoms with E-state index in [0.717, 1.165) is 5.69 Å². The van der Waals surface area contributed by atoms with Crippen molar-refractivity contribution in [2.45, 2.75) is 30.7 Å². The van der Waals surface area contributed by atoms with Crippen LogP contribution < -0.4 is 10.0 Å². The molecule has 0 spiro atoms. The number of sulfonamides is 1. The van der Waals surface area contributed by atoms with Gasteiger partial charge in [-0.3, -0.25) is 0 Å². The fraction of sp³-hybridized carbons (Fsp3) is 0.455. The van der Waals surface area contributed by atoms with Crippen LogP contribution in [0.2, 0.25) is 0 Å². The Hall–Kier alpha value is -1.07. The monoisotopic (exact) mass is 240 g/mol. The number of anilines is 1. The van der Waals surface area contributed by atoms with E-state index in [0.29, 0.717) is 17.5 Å². The summed E-state index contributed by atoms with van der Waals surface area (Å²) in [5.41, 5.74) is 0.984. The van der Waals surface area contributed by atoms with Gasteiger partial charge in [-0.1, -0.05) is 6.92 Å². The van der Waals surface area contributed by atoms with Gasteiger partial charge in [-0.15, -0.1) is 0 Å². The summed E-state index contributed by atoms with van der Waals surface area (Å²) in [7, 11) is -3.32. The van der Waals surface area contributed by atoms with Gasteiger partial charge in [-0.2, -0.15) is 0 Å². The van der Waals surface area contributed by atoms with Gasteiger partial charge in [0, 0.05) is 18.3 Å². The predicted octanol–water partition coefficient (Wildman–Crippen LogP) is 1.56. The van der Waals surface area contributed by atoms with Crippen LogP contribution in [0.15, 0.2) is 29.2 Å². The lowest BCUT2D eigenvalue weighted by Crippen LogP contribution is -2.23. The first kappa shape index (κ1) is 11.4. The maximum atomic E-state index is 11.6. The first-order valence-electron chi connectivity index (χ1n) is 5.48. The highest BCUT2D eigenvalue weighted by atomic mass is 32.2. The minimum atomic E-state index is -3.32. The minimum absolute atomic E-state index is 0.315. The summed E-state index contributed by atoms with van der Waals surface area (Å²) in [5.74, 6) is 0.